The predicted molar refractivity (Wildman–Crippen MR) is 100 cm³/mol. The van der Waals surface area contributed by atoms with Gasteiger partial charge in [-0.05, 0) is 48.5 Å². The SMILES string of the molecule is CCn1nnnc1COc1ccc(C(=O)Nc2nc(C)c(C(=O)OC)s2)cc1. The van der Waals surface area contributed by atoms with E-state index in [0.717, 1.165) is 11.3 Å². The zero-order chi connectivity index (χ0) is 20.1. The molecule has 28 heavy (non-hydrogen) atoms. The van der Waals surface area contributed by atoms with Crippen molar-refractivity contribution in [3.8, 4) is 5.75 Å². The van der Waals surface area contributed by atoms with E-state index in [9.17, 15) is 9.59 Å². The Morgan fingerprint density at radius 1 is 1.25 bits per heavy atom. The number of nitrogens with zero attached hydrogens (tertiary/aromatic N) is 5. The Kier molecular flexibility index (Phi) is 5.94. The summed E-state index contributed by atoms with van der Waals surface area (Å²) < 4.78 is 12.0. The highest BCUT2D eigenvalue weighted by atomic mass is 32.1. The lowest BCUT2D eigenvalue weighted by atomic mass is 10.2. The minimum absolute atomic E-state index is 0.223. The maximum absolute atomic E-state index is 12.4. The summed E-state index contributed by atoms with van der Waals surface area (Å²) in [7, 11) is 1.30. The molecule has 0 fully saturated rings. The second kappa shape index (κ2) is 8.57. The van der Waals surface area contributed by atoms with Crippen molar-refractivity contribution in [3.63, 3.8) is 0 Å². The van der Waals surface area contributed by atoms with E-state index in [1.807, 2.05) is 6.92 Å². The van der Waals surface area contributed by atoms with Crippen LogP contribution in [0.4, 0.5) is 5.13 Å². The average Bonchev–Trinajstić information content (AvgIpc) is 3.31. The number of anilines is 1. The fourth-order valence-corrected chi connectivity index (χ4v) is 3.20. The van der Waals surface area contributed by atoms with Crippen LogP contribution in [0, 0.1) is 6.92 Å². The minimum Gasteiger partial charge on any atom is -0.486 e. The van der Waals surface area contributed by atoms with Crippen molar-refractivity contribution in [2.24, 2.45) is 0 Å². The van der Waals surface area contributed by atoms with Crippen molar-refractivity contribution in [1.29, 1.82) is 0 Å². The molecule has 0 radical (unpaired) electrons. The molecule has 1 aromatic carbocycles. The number of amides is 1. The first kappa shape index (κ1) is 19.4. The lowest BCUT2D eigenvalue weighted by Crippen LogP contribution is -2.11. The highest BCUT2D eigenvalue weighted by molar-refractivity contribution is 7.17. The van der Waals surface area contributed by atoms with E-state index in [4.69, 9.17) is 4.74 Å². The zero-order valence-corrected chi connectivity index (χ0v) is 16.3. The molecule has 146 valence electrons. The van der Waals surface area contributed by atoms with Gasteiger partial charge in [0.05, 0.1) is 12.8 Å². The number of carbonyl (C=O) groups is 2. The van der Waals surface area contributed by atoms with E-state index < -0.39 is 5.97 Å². The minimum atomic E-state index is -0.480. The quantitative estimate of drug-likeness (QED) is 0.596. The highest BCUT2D eigenvalue weighted by Crippen LogP contribution is 2.24. The van der Waals surface area contributed by atoms with Gasteiger partial charge >= 0.3 is 5.97 Å². The van der Waals surface area contributed by atoms with E-state index in [0.29, 0.717) is 39.4 Å². The molecule has 0 unspecified atom stereocenters. The molecule has 0 aliphatic rings. The lowest BCUT2D eigenvalue weighted by molar-refractivity contribution is 0.0605. The Morgan fingerprint density at radius 3 is 2.68 bits per heavy atom. The predicted octanol–water partition coefficient (Wildman–Crippen LogP) is 2.08. The number of ether oxygens (including phenoxy) is 2. The van der Waals surface area contributed by atoms with Crippen molar-refractivity contribution < 1.29 is 19.1 Å². The van der Waals surface area contributed by atoms with Crippen LogP contribution in [0.3, 0.4) is 0 Å². The van der Waals surface area contributed by atoms with Crippen molar-refractivity contribution in [3.05, 3.63) is 46.2 Å². The number of esters is 1. The monoisotopic (exact) mass is 402 g/mol. The summed E-state index contributed by atoms with van der Waals surface area (Å²) in [6, 6.07) is 6.63. The first-order chi connectivity index (χ1) is 13.5. The van der Waals surface area contributed by atoms with Crippen LogP contribution < -0.4 is 10.1 Å². The van der Waals surface area contributed by atoms with E-state index in [1.54, 1.807) is 35.9 Å². The summed E-state index contributed by atoms with van der Waals surface area (Å²) in [5.41, 5.74) is 0.934. The summed E-state index contributed by atoms with van der Waals surface area (Å²) >= 11 is 1.06. The molecular formula is C17H18N6O4S. The van der Waals surface area contributed by atoms with Gasteiger partial charge in [0.25, 0.3) is 5.91 Å². The van der Waals surface area contributed by atoms with Gasteiger partial charge in [-0.2, -0.15) is 0 Å². The van der Waals surface area contributed by atoms with Gasteiger partial charge in [-0.25, -0.2) is 14.5 Å². The van der Waals surface area contributed by atoms with Gasteiger partial charge in [0.15, 0.2) is 11.0 Å². The Balaban J connectivity index is 1.61. The molecule has 3 aromatic rings. The Hall–Kier alpha value is -3.34. The first-order valence-electron chi connectivity index (χ1n) is 8.36. The van der Waals surface area contributed by atoms with E-state index in [2.05, 4.69) is 30.6 Å². The molecule has 0 atom stereocenters. The van der Waals surface area contributed by atoms with Crippen molar-refractivity contribution >= 4 is 28.3 Å². The molecule has 1 N–H and O–H groups in total. The third-order valence-electron chi connectivity index (χ3n) is 3.78. The number of aryl methyl sites for hydroxylation is 2. The number of hydrogen-bond donors (Lipinski definition) is 1. The van der Waals surface area contributed by atoms with Gasteiger partial charge in [0.2, 0.25) is 0 Å². The van der Waals surface area contributed by atoms with Crippen LogP contribution in [0.1, 0.15) is 38.5 Å². The van der Waals surface area contributed by atoms with Crippen LogP contribution in [0.15, 0.2) is 24.3 Å². The maximum Gasteiger partial charge on any atom is 0.350 e. The maximum atomic E-state index is 12.4. The molecule has 11 heteroatoms. The highest BCUT2D eigenvalue weighted by Gasteiger charge is 2.17. The first-order valence-corrected chi connectivity index (χ1v) is 9.18. The van der Waals surface area contributed by atoms with Gasteiger partial charge in [-0.1, -0.05) is 11.3 Å². The Bertz CT molecular complexity index is 982. The number of tetrazole rings is 1. The number of nitrogens with one attached hydrogen (secondary N) is 1. The molecule has 0 bridgehead atoms. The van der Waals surface area contributed by atoms with E-state index >= 15 is 0 Å². The number of benzene rings is 1. The lowest BCUT2D eigenvalue weighted by Gasteiger charge is -2.07. The third kappa shape index (κ3) is 4.31. The molecular weight excluding hydrogens is 384 g/mol. The number of thiazole rings is 1. The van der Waals surface area contributed by atoms with Gasteiger partial charge in [0, 0.05) is 12.1 Å². The smallest absolute Gasteiger partial charge is 0.350 e. The zero-order valence-electron chi connectivity index (χ0n) is 15.5. The number of methoxy groups -OCH3 is 1. The molecule has 0 spiro atoms. The Labute approximate surface area is 164 Å². The molecule has 2 aromatic heterocycles. The molecule has 2 heterocycles. The fourth-order valence-electron chi connectivity index (χ4n) is 2.32. The van der Waals surface area contributed by atoms with Crippen LogP contribution >= 0.6 is 11.3 Å². The molecule has 3 rings (SSSR count). The third-order valence-corrected chi connectivity index (χ3v) is 4.83. The van der Waals surface area contributed by atoms with E-state index in [-0.39, 0.29) is 12.5 Å². The van der Waals surface area contributed by atoms with Crippen molar-refractivity contribution in [2.45, 2.75) is 27.0 Å². The average molecular weight is 402 g/mol. The second-order valence-electron chi connectivity index (χ2n) is 5.60. The second-order valence-corrected chi connectivity index (χ2v) is 6.60. The number of carbonyl (C=O) groups excluding carboxylic acids is 2. The standard InChI is InChI=1S/C17H18N6O4S/c1-4-23-13(20-21-22-23)9-27-12-7-5-11(6-8-12)15(24)19-17-18-10(2)14(28-17)16(25)26-3/h5-8H,4,9H2,1-3H3,(H,18,19,24). The summed E-state index contributed by atoms with van der Waals surface area (Å²) in [5.74, 6) is 0.378. The van der Waals surface area contributed by atoms with Crippen LogP contribution in [0.25, 0.3) is 0 Å². The number of hydrogen-bond acceptors (Lipinski definition) is 9. The van der Waals surface area contributed by atoms with Crippen molar-refractivity contribution in [1.82, 2.24) is 25.2 Å². The van der Waals surface area contributed by atoms with Gasteiger partial charge in [-0.3, -0.25) is 10.1 Å². The van der Waals surface area contributed by atoms with Gasteiger partial charge in [-0.15, -0.1) is 5.10 Å². The summed E-state index contributed by atoms with van der Waals surface area (Å²) in [6.45, 7) is 4.49. The van der Waals surface area contributed by atoms with Gasteiger partial charge < -0.3 is 9.47 Å². The fraction of sp³-hybridized carbons (Fsp3) is 0.294. The van der Waals surface area contributed by atoms with Crippen LogP contribution in [-0.2, 0) is 17.9 Å². The molecule has 0 aliphatic heterocycles. The molecule has 0 saturated heterocycles. The molecule has 0 aliphatic carbocycles. The normalized spacial score (nSPS) is 10.5. The summed E-state index contributed by atoms with van der Waals surface area (Å²) in [4.78, 5) is 28.6. The van der Waals surface area contributed by atoms with Gasteiger partial charge in [0.1, 0.15) is 17.2 Å². The summed E-state index contributed by atoms with van der Waals surface area (Å²) in [5, 5.41) is 14.3. The Morgan fingerprint density at radius 2 is 2.00 bits per heavy atom. The van der Waals surface area contributed by atoms with E-state index in [1.165, 1.54) is 7.11 Å². The molecule has 0 saturated carbocycles. The number of aromatic nitrogens is 5. The van der Waals surface area contributed by atoms with Crippen LogP contribution in [0.2, 0.25) is 0 Å². The summed E-state index contributed by atoms with van der Waals surface area (Å²) in [6.07, 6.45) is 0. The topological polar surface area (TPSA) is 121 Å². The molecule has 1 amide bonds. The largest absolute Gasteiger partial charge is 0.486 e. The van der Waals surface area contributed by atoms with Crippen LogP contribution in [0.5, 0.6) is 5.75 Å². The van der Waals surface area contributed by atoms with Crippen molar-refractivity contribution in [2.75, 3.05) is 12.4 Å². The molecule has 10 nitrogen and oxygen atoms in total. The number of rotatable bonds is 7. The van der Waals surface area contributed by atoms with Crippen LogP contribution in [-0.4, -0.2) is 44.2 Å².